The van der Waals surface area contributed by atoms with Gasteiger partial charge in [0.25, 0.3) is 0 Å². The summed E-state index contributed by atoms with van der Waals surface area (Å²) in [6.07, 6.45) is -1.60. The minimum atomic E-state index is -1.60. The van der Waals surface area contributed by atoms with Crippen LogP contribution in [0.5, 0.6) is 0 Å². The third kappa shape index (κ3) is 3.24. The lowest BCUT2D eigenvalue weighted by molar-refractivity contribution is 0.206. The second-order valence-electron chi connectivity index (χ2n) is 5.47. The Morgan fingerprint density at radius 2 is 1.73 bits per heavy atom. The van der Waals surface area contributed by atoms with Crippen LogP contribution in [0.2, 0.25) is 5.02 Å². The molecular weight excluding hydrogens is 440 g/mol. The van der Waals surface area contributed by atoms with Crippen molar-refractivity contribution in [3.8, 4) is 5.69 Å². The maximum atomic E-state index is 14.4. The molecule has 3 rings (SSSR count). The van der Waals surface area contributed by atoms with E-state index in [4.69, 9.17) is 11.6 Å². The highest BCUT2D eigenvalue weighted by Gasteiger charge is 2.27. The number of aryl methyl sites for hydroxylation is 1. The van der Waals surface area contributed by atoms with Gasteiger partial charge >= 0.3 is 0 Å². The molecule has 0 fully saturated rings. The molecule has 0 saturated carbocycles. The van der Waals surface area contributed by atoms with Gasteiger partial charge in [0.2, 0.25) is 0 Å². The van der Waals surface area contributed by atoms with E-state index in [0.717, 1.165) is 22.8 Å². The first-order chi connectivity index (χ1) is 12.2. The zero-order chi connectivity index (χ0) is 19.2. The number of imidazole rings is 1. The van der Waals surface area contributed by atoms with Crippen LogP contribution in [0.25, 0.3) is 5.69 Å². The van der Waals surface area contributed by atoms with Gasteiger partial charge in [-0.1, -0.05) is 17.7 Å². The molecule has 0 aliphatic carbocycles. The van der Waals surface area contributed by atoms with Gasteiger partial charge in [-0.05, 0) is 35.0 Å². The minimum Gasteiger partial charge on any atom is -0.382 e. The van der Waals surface area contributed by atoms with Crippen molar-refractivity contribution in [2.75, 3.05) is 0 Å². The molecule has 3 nitrogen and oxygen atoms in total. The van der Waals surface area contributed by atoms with Gasteiger partial charge in [0.05, 0.1) is 16.4 Å². The second kappa shape index (κ2) is 7.02. The van der Waals surface area contributed by atoms with Gasteiger partial charge in [-0.3, -0.25) is 4.57 Å². The van der Waals surface area contributed by atoms with Gasteiger partial charge in [0.1, 0.15) is 29.2 Å². The van der Waals surface area contributed by atoms with Crippen LogP contribution in [0.15, 0.2) is 35.1 Å². The highest BCUT2D eigenvalue weighted by atomic mass is 79.9. The van der Waals surface area contributed by atoms with Gasteiger partial charge in [-0.15, -0.1) is 0 Å². The number of rotatable bonds is 3. The third-order valence-electron chi connectivity index (χ3n) is 3.78. The van der Waals surface area contributed by atoms with E-state index in [0.29, 0.717) is 12.1 Å². The first-order valence-electron chi connectivity index (χ1n) is 7.23. The maximum Gasteiger partial charge on any atom is 0.182 e. The van der Waals surface area contributed by atoms with Crippen molar-refractivity contribution in [3.05, 3.63) is 80.3 Å². The van der Waals surface area contributed by atoms with Gasteiger partial charge in [-0.25, -0.2) is 22.5 Å². The van der Waals surface area contributed by atoms with Crippen molar-refractivity contribution < 1.29 is 22.7 Å². The Morgan fingerprint density at radius 1 is 1.08 bits per heavy atom. The first-order valence-corrected chi connectivity index (χ1v) is 8.40. The molecule has 0 spiro atoms. The van der Waals surface area contributed by atoms with Crippen molar-refractivity contribution in [3.63, 3.8) is 0 Å². The minimum absolute atomic E-state index is 0.00482. The van der Waals surface area contributed by atoms with Crippen LogP contribution in [0, 0.1) is 30.2 Å². The van der Waals surface area contributed by atoms with Crippen LogP contribution in [-0.2, 0) is 0 Å². The molecular formula is C17H10BrClF4N2O. The average molecular weight is 450 g/mol. The Morgan fingerprint density at radius 3 is 2.35 bits per heavy atom. The van der Waals surface area contributed by atoms with E-state index in [1.54, 1.807) is 0 Å². The molecule has 0 bridgehead atoms. The van der Waals surface area contributed by atoms with Crippen molar-refractivity contribution in [1.29, 1.82) is 0 Å². The van der Waals surface area contributed by atoms with Gasteiger partial charge < -0.3 is 5.11 Å². The summed E-state index contributed by atoms with van der Waals surface area (Å²) in [5, 5.41) is 10.4. The second-order valence-corrected chi connectivity index (χ2v) is 6.59. The summed E-state index contributed by atoms with van der Waals surface area (Å²) in [6.45, 7) is 1.51. The van der Waals surface area contributed by atoms with Crippen molar-refractivity contribution in [1.82, 2.24) is 9.55 Å². The number of aliphatic hydroxyl groups is 1. The van der Waals surface area contributed by atoms with Crippen LogP contribution in [0.3, 0.4) is 0 Å². The van der Waals surface area contributed by atoms with E-state index in [-0.39, 0.29) is 32.4 Å². The molecule has 0 amide bonds. The largest absolute Gasteiger partial charge is 0.382 e. The summed E-state index contributed by atoms with van der Waals surface area (Å²) in [7, 11) is 0. The zero-order valence-corrected chi connectivity index (χ0v) is 15.4. The predicted octanol–water partition coefficient (Wildman–Crippen LogP) is 5.23. The number of hydrogen-bond donors (Lipinski definition) is 1. The lowest BCUT2D eigenvalue weighted by atomic mass is 10.0. The van der Waals surface area contributed by atoms with Gasteiger partial charge in [-0.2, -0.15) is 0 Å². The quantitative estimate of drug-likeness (QED) is 0.556. The number of aliphatic hydroxyl groups excluding tert-OH is 1. The molecule has 26 heavy (non-hydrogen) atoms. The Balaban J connectivity index is 2.25. The topological polar surface area (TPSA) is 38.0 Å². The molecule has 1 unspecified atom stereocenters. The average Bonchev–Trinajstić information content (AvgIpc) is 2.80. The van der Waals surface area contributed by atoms with Crippen LogP contribution in [0.4, 0.5) is 17.6 Å². The molecule has 9 heteroatoms. The van der Waals surface area contributed by atoms with Crippen LogP contribution in [0.1, 0.15) is 23.1 Å². The summed E-state index contributed by atoms with van der Waals surface area (Å²) in [5.74, 6) is -3.67. The number of halogens is 6. The highest BCUT2D eigenvalue weighted by molar-refractivity contribution is 9.10. The van der Waals surface area contributed by atoms with Crippen molar-refractivity contribution in [2.24, 2.45) is 0 Å². The molecule has 1 aromatic heterocycles. The zero-order valence-electron chi connectivity index (χ0n) is 13.1. The standard InChI is InChI=1S/C17H10BrClF4N2O/c1-7-14(16(26)10-3-2-8(20)5-12(10)22)25(17(18)24-7)15-11(19)4-9(21)6-13(15)23/h2-6,16,26H,1H3. The smallest absolute Gasteiger partial charge is 0.182 e. The summed E-state index contributed by atoms with van der Waals surface area (Å²) in [6, 6.07) is 4.20. The van der Waals surface area contributed by atoms with Crippen molar-refractivity contribution >= 4 is 27.5 Å². The molecule has 0 radical (unpaired) electrons. The molecule has 0 aliphatic heterocycles. The SMILES string of the molecule is Cc1nc(Br)n(-c2c(F)cc(F)cc2Cl)c1C(O)c1ccc(F)cc1F. The summed E-state index contributed by atoms with van der Waals surface area (Å²) in [5.41, 5.74) is -0.262. The van der Waals surface area contributed by atoms with Gasteiger partial charge in [0, 0.05) is 17.7 Å². The van der Waals surface area contributed by atoms with Gasteiger partial charge in [0.15, 0.2) is 10.6 Å². The van der Waals surface area contributed by atoms with E-state index >= 15 is 0 Å². The highest BCUT2D eigenvalue weighted by Crippen LogP contribution is 2.35. The Kier molecular flexibility index (Phi) is 5.09. The first kappa shape index (κ1) is 18.9. The fourth-order valence-corrected chi connectivity index (χ4v) is 3.57. The maximum absolute atomic E-state index is 14.4. The summed E-state index contributed by atoms with van der Waals surface area (Å²) >= 11 is 9.10. The molecule has 0 aliphatic rings. The van der Waals surface area contributed by atoms with Crippen LogP contribution in [-0.4, -0.2) is 14.7 Å². The van der Waals surface area contributed by atoms with Crippen molar-refractivity contribution in [2.45, 2.75) is 13.0 Å². The Labute approximate surface area is 159 Å². The monoisotopic (exact) mass is 448 g/mol. The Hall–Kier alpha value is -1.90. The third-order valence-corrected chi connectivity index (χ3v) is 4.60. The number of nitrogens with zero attached hydrogens (tertiary/aromatic N) is 2. The molecule has 1 atom stereocenters. The molecule has 1 heterocycles. The van der Waals surface area contributed by atoms with E-state index in [2.05, 4.69) is 20.9 Å². The van der Waals surface area contributed by atoms with Crippen LogP contribution < -0.4 is 0 Å². The number of hydrogen-bond acceptors (Lipinski definition) is 2. The summed E-state index contributed by atoms with van der Waals surface area (Å²) in [4.78, 5) is 4.09. The normalized spacial score (nSPS) is 12.5. The summed E-state index contributed by atoms with van der Waals surface area (Å²) < 4.78 is 56.1. The van der Waals surface area contributed by atoms with E-state index in [1.165, 1.54) is 6.92 Å². The number of aromatic nitrogens is 2. The van der Waals surface area contributed by atoms with E-state index in [9.17, 15) is 22.7 Å². The van der Waals surface area contributed by atoms with Crippen LogP contribution >= 0.6 is 27.5 Å². The van der Waals surface area contributed by atoms with E-state index in [1.807, 2.05) is 0 Å². The molecule has 3 aromatic rings. The molecule has 1 N–H and O–H groups in total. The fraction of sp³-hybridized carbons (Fsp3) is 0.118. The molecule has 136 valence electrons. The fourth-order valence-electron chi connectivity index (χ4n) is 2.66. The number of benzene rings is 2. The lowest BCUT2D eigenvalue weighted by Crippen LogP contribution is -2.12. The lowest BCUT2D eigenvalue weighted by Gasteiger charge is -2.18. The van der Waals surface area contributed by atoms with E-state index < -0.39 is 29.4 Å². The molecule has 0 saturated heterocycles. The Bertz CT molecular complexity index is 986. The molecule has 2 aromatic carbocycles. The predicted molar refractivity (Wildman–Crippen MR) is 91.3 cm³/mol.